The minimum atomic E-state index is -0.611. The molecule has 0 saturated heterocycles. The van der Waals surface area contributed by atoms with Crippen molar-refractivity contribution in [3.63, 3.8) is 0 Å². The topological polar surface area (TPSA) is 128 Å². The van der Waals surface area contributed by atoms with Crippen molar-refractivity contribution in [2.75, 3.05) is 17.7 Å². The van der Waals surface area contributed by atoms with Crippen LogP contribution in [0, 0.1) is 0 Å². The summed E-state index contributed by atoms with van der Waals surface area (Å²) in [5.74, 6) is 0.791. The highest BCUT2D eigenvalue weighted by Crippen LogP contribution is 2.11. The van der Waals surface area contributed by atoms with Gasteiger partial charge in [0, 0.05) is 0 Å². The zero-order valence-electron chi connectivity index (χ0n) is 11.2. The molecule has 2 aromatic rings. The molecule has 9 nitrogen and oxygen atoms in total. The molecule has 0 aliphatic heterocycles. The van der Waals surface area contributed by atoms with E-state index in [2.05, 4.69) is 30.8 Å². The molecule has 1 heterocycles. The minimum absolute atomic E-state index is 0.0133. The van der Waals surface area contributed by atoms with Crippen LogP contribution in [0.5, 0.6) is 5.75 Å². The zero-order chi connectivity index (χ0) is 15.1. The van der Waals surface area contributed by atoms with Gasteiger partial charge in [-0.2, -0.15) is 5.10 Å². The number of carbonyl (C=O) groups excluding carboxylic acids is 1. The van der Waals surface area contributed by atoms with Gasteiger partial charge in [-0.1, -0.05) is 0 Å². The summed E-state index contributed by atoms with van der Waals surface area (Å²) in [7, 11) is 0. The largest absolute Gasteiger partial charge is 0.494 e. The van der Waals surface area contributed by atoms with E-state index in [-0.39, 0.29) is 11.6 Å². The first-order chi connectivity index (χ1) is 10.2. The third-order valence-corrected chi connectivity index (χ3v) is 2.32. The molecule has 0 atom stereocenters. The van der Waals surface area contributed by atoms with E-state index in [0.29, 0.717) is 6.61 Å². The van der Waals surface area contributed by atoms with E-state index in [0.717, 1.165) is 11.3 Å². The molecule has 0 fully saturated rings. The quantitative estimate of drug-likeness (QED) is 0.561. The van der Waals surface area contributed by atoms with Crippen LogP contribution in [0.2, 0.25) is 0 Å². The second-order valence-corrected chi connectivity index (χ2v) is 3.82. The molecular formula is C12H14N6O3. The highest BCUT2D eigenvalue weighted by atomic mass is 16.6. The van der Waals surface area contributed by atoms with Crippen LogP contribution in [0.3, 0.4) is 0 Å². The summed E-state index contributed by atoms with van der Waals surface area (Å²) in [6.45, 7) is 2.52. The molecule has 4 N–H and O–H groups in total. The minimum Gasteiger partial charge on any atom is -0.494 e. The molecule has 2 amide bonds. The molecule has 0 radical (unpaired) electrons. The monoisotopic (exact) mass is 290 g/mol. The summed E-state index contributed by atoms with van der Waals surface area (Å²) in [5, 5.41) is 12.8. The van der Waals surface area contributed by atoms with Gasteiger partial charge in [-0.3, -0.25) is 5.32 Å². The second kappa shape index (κ2) is 6.89. The van der Waals surface area contributed by atoms with Gasteiger partial charge in [0.05, 0.1) is 12.8 Å². The van der Waals surface area contributed by atoms with E-state index in [9.17, 15) is 4.79 Å². The number of hydrogen-bond acceptors (Lipinski definition) is 7. The van der Waals surface area contributed by atoms with Crippen LogP contribution in [-0.4, -0.2) is 29.2 Å². The Kier molecular flexibility index (Phi) is 4.70. The molecule has 9 heteroatoms. The summed E-state index contributed by atoms with van der Waals surface area (Å²) in [5.41, 5.74) is 8.45. The lowest BCUT2D eigenvalue weighted by molar-refractivity contribution is 0.252. The molecule has 0 unspecified atom stereocenters. The van der Waals surface area contributed by atoms with Gasteiger partial charge in [0.15, 0.2) is 0 Å². The Labute approximate surface area is 120 Å². The van der Waals surface area contributed by atoms with Gasteiger partial charge >= 0.3 is 6.03 Å². The average Bonchev–Trinajstić information content (AvgIpc) is 2.86. The number of nitrogen functional groups attached to an aromatic ring is 1. The molecule has 110 valence electrons. The van der Waals surface area contributed by atoms with Gasteiger partial charge in [-0.15, -0.1) is 0 Å². The average molecular weight is 290 g/mol. The molecule has 0 spiro atoms. The van der Waals surface area contributed by atoms with Crippen molar-refractivity contribution >= 4 is 23.9 Å². The van der Waals surface area contributed by atoms with Gasteiger partial charge < -0.3 is 10.5 Å². The third-order valence-electron chi connectivity index (χ3n) is 2.32. The Morgan fingerprint density at radius 2 is 2.19 bits per heavy atom. The van der Waals surface area contributed by atoms with Crippen molar-refractivity contribution in [1.82, 2.24) is 15.7 Å². The Bertz CT molecular complexity index is 622. The van der Waals surface area contributed by atoms with E-state index >= 15 is 0 Å². The zero-order valence-corrected chi connectivity index (χ0v) is 11.2. The first-order valence-electron chi connectivity index (χ1n) is 6.10. The number of ether oxygens (including phenoxy) is 1. The Balaban J connectivity index is 1.84. The standard InChI is InChI=1S/C12H14N6O3/c1-2-20-9-5-3-8(4-6-9)7-14-16-12(19)15-11-10(13)17-21-18-11/h3-7H,2H2,1H3,(H2,13,17)(H2,15,16,18,19)/b14-7-. The van der Waals surface area contributed by atoms with E-state index in [1.54, 1.807) is 0 Å². The van der Waals surface area contributed by atoms with Crippen molar-refractivity contribution < 1.29 is 14.2 Å². The maximum absolute atomic E-state index is 11.5. The second-order valence-electron chi connectivity index (χ2n) is 3.82. The number of amides is 2. The predicted octanol–water partition coefficient (Wildman–Crippen LogP) is 1.21. The smallest absolute Gasteiger partial charge is 0.340 e. The maximum Gasteiger partial charge on any atom is 0.340 e. The van der Waals surface area contributed by atoms with Crippen molar-refractivity contribution in [1.29, 1.82) is 0 Å². The van der Waals surface area contributed by atoms with Gasteiger partial charge in [0.2, 0.25) is 11.6 Å². The van der Waals surface area contributed by atoms with E-state index < -0.39 is 6.03 Å². The van der Waals surface area contributed by atoms with Crippen molar-refractivity contribution in [3.8, 4) is 5.75 Å². The maximum atomic E-state index is 11.5. The number of benzene rings is 1. The van der Waals surface area contributed by atoms with Crippen LogP contribution in [0.1, 0.15) is 12.5 Å². The normalized spacial score (nSPS) is 10.5. The van der Waals surface area contributed by atoms with Gasteiger partial charge in [0.25, 0.3) is 0 Å². The SMILES string of the molecule is CCOc1ccc(/C=N\NC(=O)Nc2nonc2N)cc1. The number of hydrazone groups is 1. The molecule has 1 aromatic carbocycles. The summed E-state index contributed by atoms with van der Waals surface area (Å²) < 4.78 is 9.65. The first kappa shape index (κ1) is 14.3. The highest BCUT2D eigenvalue weighted by molar-refractivity contribution is 5.91. The number of nitrogens with one attached hydrogen (secondary N) is 2. The van der Waals surface area contributed by atoms with Crippen LogP contribution >= 0.6 is 0 Å². The molecular weight excluding hydrogens is 276 g/mol. The third kappa shape index (κ3) is 4.20. The number of nitrogens with zero attached hydrogens (tertiary/aromatic N) is 3. The van der Waals surface area contributed by atoms with Crippen LogP contribution in [-0.2, 0) is 0 Å². The molecule has 21 heavy (non-hydrogen) atoms. The lowest BCUT2D eigenvalue weighted by Crippen LogP contribution is -2.24. The van der Waals surface area contributed by atoms with Crippen molar-refractivity contribution in [3.05, 3.63) is 29.8 Å². The summed E-state index contributed by atoms with van der Waals surface area (Å²) in [6.07, 6.45) is 1.49. The van der Waals surface area contributed by atoms with E-state index in [1.165, 1.54) is 6.21 Å². The molecule has 0 aliphatic carbocycles. The Morgan fingerprint density at radius 1 is 1.43 bits per heavy atom. The number of anilines is 2. The summed E-state index contributed by atoms with van der Waals surface area (Å²) in [4.78, 5) is 11.5. The van der Waals surface area contributed by atoms with E-state index in [4.69, 9.17) is 10.5 Å². The molecule has 2 rings (SSSR count). The van der Waals surface area contributed by atoms with Crippen molar-refractivity contribution in [2.24, 2.45) is 5.10 Å². The van der Waals surface area contributed by atoms with Crippen molar-refractivity contribution in [2.45, 2.75) is 6.92 Å². The van der Waals surface area contributed by atoms with Crippen LogP contribution in [0.25, 0.3) is 0 Å². The number of hydrogen-bond donors (Lipinski definition) is 3. The fourth-order valence-electron chi connectivity index (χ4n) is 1.40. The lowest BCUT2D eigenvalue weighted by Gasteiger charge is -2.02. The number of urea groups is 1. The van der Waals surface area contributed by atoms with Crippen LogP contribution < -0.4 is 21.2 Å². The number of nitrogens with two attached hydrogens (primary N) is 1. The van der Waals surface area contributed by atoms with Gasteiger partial charge in [0.1, 0.15) is 5.75 Å². The molecule has 1 aromatic heterocycles. The van der Waals surface area contributed by atoms with Crippen LogP contribution in [0.4, 0.5) is 16.4 Å². The first-order valence-corrected chi connectivity index (χ1v) is 6.10. The highest BCUT2D eigenvalue weighted by Gasteiger charge is 2.08. The number of rotatable bonds is 5. The number of aromatic nitrogens is 2. The molecule has 0 aliphatic rings. The van der Waals surface area contributed by atoms with Gasteiger partial charge in [-0.05, 0) is 47.1 Å². The summed E-state index contributed by atoms with van der Waals surface area (Å²) >= 11 is 0. The molecule has 0 saturated carbocycles. The van der Waals surface area contributed by atoms with E-state index in [1.807, 2.05) is 31.2 Å². The lowest BCUT2D eigenvalue weighted by atomic mass is 10.2. The summed E-state index contributed by atoms with van der Waals surface area (Å²) in [6, 6.07) is 6.64. The fraction of sp³-hybridized carbons (Fsp3) is 0.167. The predicted molar refractivity (Wildman–Crippen MR) is 76.1 cm³/mol. The molecule has 0 bridgehead atoms. The Hall–Kier alpha value is -3.10. The Morgan fingerprint density at radius 3 is 2.81 bits per heavy atom. The fourth-order valence-corrected chi connectivity index (χ4v) is 1.40. The van der Waals surface area contributed by atoms with Crippen LogP contribution in [0.15, 0.2) is 34.0 Å². The number of carbonyl (C=O) groups is 1. The van der Waals surface area contributed by atoms with Gasteiger partial charge in [-0.25, -0.2) is 14.8 Å².